The zero-order valence-corrected chi connectivity index (χ0v) is 22.8. The molecule has 0 aromatic heterocycles. The van der Waals surface area contributed by atoms with Crippen molar-refractivity contribution in [2.45, 2.75) is 188 Å². The van der Waals surface area contributed by atoms with Crippen molar-refractivity contribution in [1.29, 1.82) is 0 Å². The van der Waals surface area contributed by atoms with Crippen LogP contribution in [0.15, 0.2) is 0 Å². The van der Waals surface area contributed by atoms with Crippen molar-refractivity contribution in [3.05, 3.63) is 0 Å². The summed E-state index contributed by atoms with van der Waals surface area (Å²) in [5.74, 6) is 1.93. The SMILES string of the molecule is CCCCCCCCCCCCCCC(C)CCCCCCCC(C)CCCCCC. The highest BCUT2D eigenvalue weighted by atomic mass is 14.1. The van der Waals surface area contributed by atoms with Crippen molar-refractivity contribution >= 4 is 0 Å². The van der Waals surface area contributed by atoms with Crippen LogP contribution < -0.4 is 0 Å². The Kier molecular flexibility index (Phi) is 26.3. The van der Waals surface area contributed by atoms with Crippen LogP contribution in [0.5, 0.6) is 0 Å². The van der Waals surface area contributed by atoms with E-state index in [1.807, 2.05) is 0 Å². The Bertz CT molecular complexity index is 307. The normalized spacial score (nSPS) is 13.5. The summed E-state index contributed by atoms with van der Waals surface area (Å²) in [5, 5.41) is 0. The highest BCUT2D eigenvalue weighted by Crippen LogP contribution is 2.20. The summed E-state index contributed by atoms with van der Waals surface area (Å²) in [6.45, 7) is 9.59. The van der Waals surface area contributed by atoms with Gasteiger partial charge in [-0.1, -0.05) is 188 Å². The molecule has 2 unspecified atom stereocenters. The summed E-state index contributed by atoms with van der Waals surface area (Å²) in [5.41, 5.74) is 0. The molecule has 0 aromatic carbocycles. The van der Waals surface area contributed by atoms with Crippen molar-refractivity contribution < 1.29 is 0 Å². The summed E-state index contributed by atoms with van der Waals surface area (Å²) in [4.78, 5) is 0. The monoisotopic (exact) mass is 437 g/mol. The van der Waals surface area contributed by atoms with E-state index < -0.39 is 0 Å². The van der Waals surface area contributed by atoms with Gasteiger partial charge in [0.05, 0.1) is 0 Å². The van der Waals surface area contributed by atoms with Crippen molar-refractivity contribution in [2.75, 3.05) is 0 Å². The number of rotatable bonds is 26. The van der Waals surface area contributed by atoms with Gasteiger partial charge < -0.3 is 0 Å². The molecule has 0 saturated heterocycles. The lowest BCUT2D eigenvalue weighted by molar-refractivity contribution is 0.417. The van der Waals surface area contributed by atoms with Gasteiger partial charge in [-0.2, -0.15) is 0 Å². The van der Waals surface area contributed by atoms with Crippen molar-refractivity contribution in [1.82, 2.24) is 0 Å². The van der Waals surface area contributed by atoms with Crippen molar-refractivity contribution in [2.24, 2.45) is 11.8 Å². The third-order valence-electron chi connectivity index (χ3n) is 7.49. The molecule has 0 aromatic rings. The molecule has 0 fully saturated rings. The van der Waals surface area contributed by atoms with Gasteiger partial charge in [-0.15, -0.1) is 0 Å². The van der Waals surface area contributed by atoms with Crippen LogP contribution in [0.25, 0.3) is 0 Å². The van der Waals surface area contributed by atoms with E-state index in [0.29, 0.717) is 0 Å². The zero-order valence-electron chi connectivity index (χ0n) is 22.8. The first-order valence-electron chi connectivity index (χ1n) is 15.2. The molecule has 0 spiro atoms. The molecule has 0 bridgehead atoms. The number of hydrogen-bond acceptors (Lipinski definition) is 0. The smallest absolute Gasteiger partial charge is 0.0443 e. The fourth-order valence-corrected chi connectivity index (χ4v) is 5.06. The van der Waals surface area contributed by atoms with Crippen LogP contribution in [0.4, 0.5) is 0 Å². The third kappa shape index (κ3) is 26.1. The van der Waals surface area contributed by atoms with Crippen LogP contribution >= 0.6 is 0 Å². The Labute approximate surface area is 200 Å². The quantitative estimate of drug-likeness (QED) is 0.118. The lowest BCUT2D eigenvalue weighted by atomic mass is 9.94. The van der Waals surface area contributed by atoms with Gasteiger partial charge in [-0.05, 0) is 11.8 Å². The third-order valence-corrected chi connectivity index (χ3v) is 7.49. The lowest BCUT2D eigenvalue weighted by Gasteiger charge is -2.12. The molecule has 0 saturated carbocycles. The molecular formula is C31H64. The van der Waals surface area contributed by atoms with Crippen LogP contribution in [0, 0.1) is 11.8 Å². The van der Waals surface area contributed by atoms with E-state index in [0.717, 1.165) is 11.8 Å². The maximum Gasteiger partial charge on any atom is -0.0443 e. The summed E-state index contributed by atoms with van der Waals surface area (Å²) in [7, 11) is 0. The summed E-state index contributed by atoms with van der Waals surface area (Å²) in [6, 6.07) is 0. The molecule has 0 heteroatoms. The molecule has 0 aliphatic heterocycles. The second-order valence-electron chi connectivity index (χ2n) is 11.1. The molecule has 0 rings (SSSR count). The predicted molar refractivity (Wildman–Crippen MR) is 145 cm³/mol. The maximum atomic E-state index is 2.50. The molecule has 0 radical (unpaired) electrons. The topological polar surface area (TPSA) is 0 Å². The van der Waals surface area contributed by atoms with Gasteiger partial charge in [-0.3, -0.25) is 0 Å². The number of unbranched alkanes of at least 4 members (excludes halogenated alkanes) is 18. The molecule has 0 amide bonds. The van der Waals surface area contributed by atoms with E-state index in [-0.39, 0.29) is 0 Å². The zero-order chi connectivity index (χ0) is 22.8. The first-order valence-corrected chi connectivity index (χ1v) is 15.2. The largest absolute Gasteiger partial charge is 0.0654 e. The van der Waals surface area contributed by atoms with Crippen LogP contribution in [0.3, 0.4) is 0 Å². The van der Waals surface area contributed by atoms with E-state index in [1.54, 1.807) is 0 Å². The molecule has 2 atom stereocenters. The predicted octanol–water partition coefficient (Wildman–Crippen LogP) is 12.1. The summed E-state index contributed by atoms with van der Waals surface area (Å²) < 4.78 is 0. The average molecular weight is 437 g/mol. The fourth-order valence-electron chi connectivity index (χ4n) is 5.06. The molecule has 31 heavy (non-hydrogen) atoms. The Morgan fingerprint density at radius 1 is 0.290 bits per heavy atom. The second kappa shape index (κ2) is 26.3. The first kappa shape index (κ1) is 31.0. The van der Waals surface area contributed by atoms with E-state index >= 15 is 0 Å². The van der Waals surface area contributed by atoms with Gasteiger partial charge in [0.15, 0.2) is 0 Å². The Hall–Kier alpha value is 0. The van der Waals surface area contributed by atoms with Crippen molar-refractivity contribution in [3.8, 4) is 0 Å². The van der Waals surface area contributed by atoms with Gasteiger partial charge in [0.25, 0.3) is 0 Å². The maximum absolute atomic E-state index is 2.50. The van der Waals surface area contributed by atoms with E-state index in [2.05, 4.69) is 27.7 Å². The van der Waals surface area contributed by atoms with Gasteiger partial charge in [0.1, 0.15) is 0 Å². The second-order valence-corrected chi connectivity index (χ2v) is 11.1. The van der Waals surface area contributed by atoms with Crippen LogP contribution in [-0.4, -0.2) is 0 Å². The standard InChI is InChI=1S/C31H64/c1-5-7-9-11-12-13-14-15-16-17-19-23-27-31(4)29-25-21-18-20-24-28-30(3)26-22-10-8-6-2/h30-31H,5-29H2,1-4H3. The van der Waals surface area contributed by atoms with Crippen molar-refractivity contribution in [3.63, 3.8) is 0 Å². The van der Waals surface area contributed by atoms with Crippen LogP contribution in [0.2, 0.25) is 0 Å². The lowest BCUT2D eigenvalue weighted by Crippen LogP contribution is -1.96. The van der Waals surface area contributed by atoms with Gasteiger partial charge >= 0.3 is 0 Å². The summed E-state index contributed by atoms with van der Waals surface area (Å²) in [6.07, 6.45) is 36.6. The Morgan fingerprint density at radius 3 is 0.742 bits per heavy atom. The Morgan fingerprint density at radius 2 is 0.484 bits per heavy atom. The first-order chi connectivity index (χ1) is 15.2. The van der Waals surface area contributed by atoms with Gasteiger partial charge in [0.2, 0.25) is 0 Å². The molecule has 0 N–H and O–H groups in total. The molecule has 0 heterocycles. The van der Waals surface area contributed by atoms with Crippen LogP contribution in [-0.2, 0) is 0 Å². The molecular weight excluding hydrogens is 372 g/mol. The van der Waals surface area contributed by atoms with E-state index in [4.69, 9.17) is 0 Å². The van der Waals surface area contributed by atoms with Gasteiger partial charge in [-0.25, -0.2) is 0 Å². The average Bonchev–Trinajstić information content (AvgIpc) is 2.76. The van der Waals surface area contributed by atoms with E-state index in [1.165, 1.54) is 161 Å². The summed E-state index contributed by atoms with van der Waals surface area (Å²) >= 11 is 0. The van der Waals surface area contributed by atoms with Crippen LogP contribution in [0.1, 0.15) is 188 Å². The van der Waals surface area contributed by atoms with E-state index in [9.17, 15) is 0 Å². The van der Waals surface area contributed by atoms with Gasteiger partial charge in [0, 0.05) is 0 Å². The molecule has 0 aliphatic rings. The minimum atomic E-state index is 0.964. The number of hydrogen-bond donors (Lipinski definition) is 0. The minimum Gasteiger partial charge on any atom is -0.0654 e. The minimum absolute atomic E-state index is 0.964. The molecule has 188 valence electrons. The molecule has 0 nitrogen and oxygen atoms in total. The molecule has 0 aliphatic carbocycles. The fraction of sp³-hybridized carbons (Fsp3) is 1.00. The highest BCUT2D eigenvalue weighted by Gasteiger charge is 2.04. The highest BCUT2D eigenvalue weighted by molar-refractivity contribution is 4.58. The Balaban J connectivity index is 3.22.